The van der Waals surface area contributed by atoms with E-state index in [1.165, 1.54) is 4.90 Å². The van der Waals surface area contributed by atoms with Crippen molar-refractivity contribution in [3.63, 3.8) is 0 Å². The van der Waals surface area contributed by atoms with Gasteiger partial charge in [0.1, 0.15) is 0 Å². The van der Waals surface area contributed by atoms with Gasteiger partial charge in [-0.25, -0.2) is 0 Å². The largest absolute Gasteiger partial charge is 0.409 e. The summed E-state index contributed by atoms with van der Waals surface area (Å²) in [5.74, 6) is -0.145. The van der Waals surface area contributed by atoms with Crippen LogP contribution in [0.3, 0.4) is 0 Å². The van der Waals surface area contributed by atoms with E-state index in [1.807, 2.05) is 6.07 Å². The number of hydrogen-bond donors (Lipinski definition) is 2. The summed E-state index contributed by atoms with van der Waals surface area (Å²) in [6.07, 6.45) is 0. The first-order valence-corrected chi connectivity index (χ1v) is 6.94. The van der Waals surface area contributed by atoms with Crippen molar-refractivity contribution in [2.75, 3.05) is 11.9 Å². The molecule has 0 heterocycles. The molecule has 0 spiro atoms. The molecule has 0 unspecified atom stereocenters. The Bertz CT molecular complexity index is 701. The Balaban J connectivity index is 2.31. The molecule has 2 aromatic rings. The molecule has 3 N–H and O–H groups in total. The summed E-state index contributed by atoms with van der Waals surface area (Å²) in [7, 11) is 1.68. The van der Waals surface area contributed by atoms with Crippen molar-refractivity contribution in [1.82, 2.24) is 0 Å². The minimum atomic E-state index is -0.145. The van der Waals surface area contributed by atoms with Crippen LogP contribution in [0.4, 0.5) is 5.69 Å². The lowest BCUT2D eigenvalue weighted by Gasteiger charge is -2.18. The van der Waals surface area contributed by atoms with Crippen LogP contribution in [-0.4, -0.2) is 24.0 Å². The zero-order valence-corrected chi connectivity index (χ0v) is 12.9. The van der Waals surface area contributed by atoms with Crippen molar-refractivity contribution in [1.29, 1.82) is 0 Å². The molecular weight excluding hydrogens is 334 g/mol. The van der Waals surface area contributed by atoms with Crippen molar-refractivity contribution in [2.45, 2.75) is 0 Å². The van der Waals surface area contributed by atoms with E-state index in [9.17, 15) is 4.79 Å². The number of nitrogens with two attached hydrogens (primary N) is 1. The Morgan fingerprint density at radius 1 is 1.19 bits per heavy atom. The molecule has 0 saturated heterocycles. The van der Waals surface area contributed by atoms with Crippen LogP contribution in [0, 0.1) is 0 Å². The SMILES string of the molecule is CN(C(=O)c1cccc(Br)c1)c1cccc(C(N)=NO)c1. The van der Waals surface area contributed by atoms with Gasteiger partial charge in [-0.15, -0.1) is 0 Å². The van der Waals surface area contributed by atoms with Crippen molar-refractivity contribution in [3.05, 3.63) is 64.1 Å². The number of amides is 1. The lowest BCUT2D eigenvalue weighted by atomic mass is 10.1. The molecule has 0 aliphatic carbocycles. The van der Waals surface area contributed by atoms with E-state index >= 15 is 0 Å². The second-order valence-electron chi connectivity index (χ2n) is 4.41. The normalized spacial score (nSPS) is 11.2. The first-order chi connectivity index (χ1) is 10.0. The smallest absolute Gasteiger partial charge is 0.258 e. The summed E-state index contributed by atoms with van der Waals surface area (Å²) < 4.78 is 0.840. The summed E-state index contributed by atoms with van der Waals surface area (Å²) in [6, 6.07) is 14.1. The van der Waals surface area contributed by atoms with Crippen molar-refractivity contribution < 1.29 is 10.0 Å². The Kier molecular flexibility index (Phi) is 4.59. The molecule has 2 rings (SSSR count). The number of halogens is 1. The van der Waals surface area contributed by atoms with E-state index in [4.69, 9.17) is 10.9 Å². The predicted octanol–water partition coefficient (Wildman–Crippen LogP) is 2.82. The highest BCUT2D eigenvalue weighted by molar-refractivity contribution is 9.10. The minimum absolute atomic E-state index is 0.000143. The van der Waals surface area contributed by atoms with Crippen LogP contribution < -0.4 is 10.6 Å². The third-order valence-corrected chi connectivity index (χ3v) is 3.51. The average Bonchev–Trinajstić information content (AvgIpc) is 2.52. The molecular formula is C15H14BrN3O2. The van der Waals surface area contributed by atoms with Crippen LogP contribution in [0.5, 0.6) is 0 Å². The van der Waals surface area contributed by atoms with Gasteiger partial charge in [0.2, 0.25) is 0 Å². The molecule has 0 saturated carbocycles. The van der Waals surface area contributed by atoms with E-state index in [0.717, 1.165) is 4.47 Å². The van der Waals surface area contributed by atoms with Gasteiger partial charge in [0.15, 0.2) is 5.84 Å². The van der Waals surface area contributed by atoms with E-state index in [-0.39, 0.29) is 11.7 Å². The van der Waals surface area contributed by atoms with Gasteiger partial charge in [-0.2, -0.15) is 0 Å². The van der Waals surface area contributed by atoms with Gasteiger partial charge >= 0.3 is 0 Å². The minimum Gasteiger partial charge on any atom is -0.409 e. The number of nitrogens with zero attached hydrogens (tertiary/aromatic N) is 2. The van der Waals surface area contributed by atoms with Crippen LogP contribution in [-0.2, 0) is 0 Å². The van der Waals surface area contributed by atoms with Crippen LogP contribution in [0.15, 0.2) is 58.2 Å². The first-order valence-electron chi connectivity index (χ1n) is 6.14. The monoisotopic (exact) mass is 347 g/mol. The molecule has 0 fully saturated rings. The molecule has 2 aromatic carbocycles. The van der Waals surface area contributed by atoms with Gasteiger partial charge in [0.25, 0.3) is 5.91 Å². The van der Waals surface area contributed by atoms with Crippen molar-refractivity contribution in [2.24, 2.45) is 10.9 Å². The lowest BCUT2D eigenvalue weighted by Crippen LogP contribution is -2.26. The Hall–Kier alpha value is -2.34. The first kappa shape index (κ1) is 15.1. The number of rotatable bonds is 3. The predicted molar refractivity (Wildman–Crippen MR) is 85.8 cm³/mol. The summed E-state index contributed by atoms with van der Waals surface area (Å²) in [5, 5.41) is 11.7. The zero-order chi connectivity index (χ0) is 15.4. The molecule has 0 aliphatic rings. The number of amidine groups is 1. The average molecular weight is 348 g/mol. The van der Waals surface area contributed by atoms with E-state index < -0.39 is 0 Å². The molecule has 108 valence electrons. The van der Waals surface area contributed by atoms with Gasteiger partial charge in [-0.1, -0.05) is 39.3 Å². The summed E-state index contributed by atoms with van der Waals surface area (Å²) in [5.41, 5.74) is 7.33. The van der Waals surface area contributed by atoms with Crippen LogP contribution in [0.2, 0.25) is 0 Å². The molecule has 0 atom stereocenters. The standard InChI is InChI=1S/C15H14BrN3O2/c1-19(15(20)11-5-2-6-12(16)8-11)13-7-3-4-10(9-13)14(17)18-21/h2-9,21H,1H3,(H2,17,18). The topological polar surface area (TPSA) is 78.9 Å². The number of carbonyl (C=O) groups is 1. The fourth-order valence-electron chi connectivity index (χ4n) is 1.86. The Morgan fingerprint density at radius 2 is 1.86 bits per heavy atom. The molecule has 1 amide bonds. The highest BCUT2D eigenvalue weighted by Gasteiger charge is 2.14. The van der Waals surface area contributed by atoms with E-state index in [1.54, 1.807) is 49.5 Å². The number of oxime groups is 1. The quantitative estimate of drug-likeness (QED) is 0.387. The summed E-state index contributed by atoms with van der Waals surface area (Å²) >= 11 is 3.35. The molecule has 0 aromatic heterocycles. The molecule has 0 radical (unpaired) electrons. The second-order valence-corrected chi connectivity index (χ2v) is 5.33. The van der Waals surface area contributed by atoms with Crippen LogP contribution in [0.25, 0.3) is 0 Å². The van der Waals surface area contributed by atoms with Crippen LogP contribution >= 0.6 is 15.9 Å². The van der Waals surface area contributed by atoms with E-state index in [0.29, 0.717) is 16.8 Å². The maximum absolute atomic E-state index is 12.4. The molecule has 21 heavy (non-hydrogen) atoms. The second kappa shape index (κ2) is 6.41. The lowest BCUT2D eigenvalue weighted by molar-refractivity contribution is 0.0993. The number of hydrogen-bond acceptors (Lipinski definition) is 3. The summed E-state index contributed by atoms with van der Waals surface area (Å²) in [4.78, 5) is 14.0. The van der Waals surface area contributed by atoms with Gasteiger partial charge in [-0.05, 0) is 30.3 Å². The maximum atomic E-state index is 12.4. The molecule has 5 nitrogen and oxygen atoms in total. The fourth-order valence-corrected chi connectivity index (χ4v) is 2.26. The van der Waals surface area contributed by atoms with Crippen LogP contribution in [0.1, 0.15) is 15.9 Å². The summed E-state index contributed by atoms with van der Waals surface area (Å²) in [6.45, 7) is 0. The third kappa shape index (κ3) is 3.41. The number of carbonyl (C=O) groups excluding carboxylic acids is 1. The molecule has 6 heteroatoms. The van der Waals surface area contributed by atoms with Gasteiger partial charge in [0, 0.05) is 28.3 Å². The highest BCUT2D eigenvalue weighted by atomic mass is 79.9. The molecule has 0 aliphatic heterocycles. The number of anilines is 1. The maximum Gasteiger partial charge on any atom is 0.258 e. The Labute approximate surface area is 130 Å². The Morgan fingerprint density at radius 3 is 2.52 bits per heavy atom. The highest BCUT2D eigenvalue weighted by Crippen LogP contribution is 2.19. The zero-order valence-electron chi connectivity index (χ0n) is 11.3. The third-order valence-electron chi connectivity index (χ3n) is 3.01. The van der Waals surface area contributed by atoms with Gasteiger partial charge in [0.05, 0.1) is 0 Å². The number of benzene rings is 2. The van der Waals surface area contributed by atoms with Gasteiger partial charge in [-0.3, -0.25) is 4.79 Å². The van der Waals surface area contributed by atoms with Gasteiger partial charge < -0.3 is 15.8 Å². The van der Waals surface area contributed by atoms with Crippen molar-refractivity contribution >= 4 is 33.4 Å². The molecule has 0 bridgehead atoms. The van der Waals surface area contributed by atoms with Crippen molar-refractivity contribution in [3.8, 4) is 0 Å². The van der Waals surface area contributed by atoms with E-state index in [2.05, 4.69) is 21.1 Å². The fraction of sp³-hybridized carbons (Fsp3) is 0.0667.